The molecule has 2 aromatic heterocycles. The highest BCUT2D eigenvalue weighted by Crippen LogP contribution is 2.52. The van der Waals surface area contributed by atoms with Gasteiger partial charge in [-0.15, -0.1) is 0 Å². The summed E-state index contributed by atoms with van der Waals surface area (Å²) in [5.41, 5.74) is 3.58. The molecule has 5 rings (SSSR count). The lowest BCUT2D eigenvalue weighted by atomic mass is 10.2. The quantitative estimate of drug-likeness (QED) is 0.230. The summed E-state index contributed by atoms with van der Waals surface area (Å²) < 4.78 is 20.8. The first-order chi connectivity index (χ1) is 18.3. The Balaban J connectivity index is 1.28. The second kappa shape index (κ2) is 11.2. The van der Waals surface area contributed by atoms with E-state index in [1.165, 1.54) is 18.3 Å². The molecule has 198 valence electrons. The van der Waals surface area contributed by atoms with E-state index in [9.17, 15) is 9.28 Å². The molecule has 4 aromatic rings. The van der Waals surface area contributed by atoms with Crippen molar-refractivity contribution in [3.05, 3.63) is 83.5 Å². The minimum Gasteiger partial charge on any atom is -0.494 e. The number of methoxy groups -OCH3 is 1. The Kier molecular flexibility index (Phi) is 7.70. The van der Waals surface area contributed by atoms with Gasteiger partial charge in [-0.3, -0.25) is 4.89 Å². The molecule has 38 heavy (non-hydrogen) atoms. The van der Waals surface area contributed by atoms with Crippen LogP contribution < -0.4 is 20.3 Å². The monoisotopic (exact) mass is 555 g/mol. The molecule has 1 aliphatic heterocycles. The average molecular weight is 556 g/mol. The van der Waals surface area contributed by atoms with E-state index in [-0.39, 0.29) is 5.82 Å². The molecule has 0 amide bonds. The molecular weight excluding hydrogens is 526 g/mol. The Labute approximate surface area is 226 Å². The van der Waals surface area contributed by atoms with Crippen LogP contribution >= 0.6 is 19.1 Å². The number of anilines is 5. The molecule has 0 unspecified atom stereocenters. The van der Waals surface area contributed by atoms with Crippen molar-refractivity contribution in [2.45, 2.75) is 6.54 Å². The van der Waals surface area contributed by atoms with Gasteiger partial charge in [-0.05, 0) is 35.9 Å². The molecule has 0 spiro atoms. The Morgan fingerprint density at radius 3 is 2.61 bits per heavy atom. The van der Waals surface area contributed by atoms with Gasteiger partial charge >= 0.3 is 0 Å². The second-order valence-corrected chi connectivity index (χ2v) is 13.5. The maximum absolute atomic E-state index is 13.2. The molecule has 0 radical (unpaired) electrons. The normalized spacial score (nSPS) is 14.8. The molecule has 11 heteroatoms. The summed E-state index contributed by atoms with van der Waals surface area (Å²) in [4.78, 5) is 21.5. The van der Waals surface area contributed by atoms with Crippen LogP contribution in [0.15, 0.2) is 67.1 Å². The number of benzene rings is 2. The van der Waals surface area contributed by atoms with Crippen LogP contribution in [0.3, 0.4) is 0 Å². The maximum Gasteiger partial charge on any atom is 0.229 e. The van der Waals surface area contributed by atoms with Gasteiger partial charge in [0.1, 0.15) is 36.4 Å². The fourth-order valence-electron chi connectivity index (χ4n) is 4.32. The zero-order chi connectivity index (χ0) is 26.7. The van der Waals surface area contributed by atoms with Crippen LogP contribution in [-0.2, 0) is 6.54 Å². The van der Waals surface area contributed by atoms with Gasteiger partial charge < -0.3 is 24.8 Å². The second-order valence-electron chi connectivity index (χ2n) is 9.50. The van der Waals surface area contributed by atoms with Crippen LogP contribution in [-0.4, -0.2) is 58.6 Å². The zero-order valence-corrected chi connectivity index (χ0v) is 22.9. The van der Waals surface area contributed by atoms with Gasteiger partial charge in [-0.2, -0.15) is 4.98 Å². The first-order valence-electron chi connectivity index (χ1n) is 12.3. The van der Waals surface area contributed by atoms with E-state index in [0.29, 0.717) is 29.1 Å². The third-order valence-corrected chi connectivity index (χ3v) is 9.14. The molecule has 3 heterocycles. The van der Waals surface area contributed by atoms with Crippen molar-refractivity contribution >= 4 is 47.9 Å². The Morgan fingerprint density at radius 1 is 1.11 bits per heavy atom. The van der Waals surface area contributed by atoms with Crippen molar-refractivity contribution < 1.29 is 14.0 Å². The van der Waals surface area contributed by atoms with Crippen LogP contribution in [0.2, 0.25) is 5.02 Å². The van der Waals surface area contributed by atoms with Crippen molar-refractivity contribution in [2.24, 2.45) is 0 Å². The van der Waals surface area contributed by atoms with Crippen molar-refractivity contribution in [3.63, 3.8) is 0 Å². The molecule has 8 nitrogen and oxygen atoms in total. The summed E-state index contributed by atoms with van der Waals surface area (Å²) in [5, 5.41) is 6.84. The summed E-state index contributed by atoms with van der Waals surface area (Å²) in [6.07, 6.45) is 7.06. The molecule has 1 aliphatic rings. The lowest BCUT2D eigenvalue weighted by Gasteiger charge is -2.32. The third-order valence-electron chi connectivity index (χ3n) is 6.54. The minimum atomic E-state index is -1.75. The Morgan fingerprint density at radius 2 is 1.87 bits per heavy atom. The van der Waals surface area contributed by atoms with Crippen molar-refractivity contribution in [1.82, 2.24) is 14.5 Å². The average Bonchev–Trinajstić information content (AvgIpc) is 3.34. The van der Waals surface area contributed by atoms with E-state index in [4.69, 9.17) is 16.3 Å². The van der Waals surface area contributed by atoms with Crippen LogP contribution in [0.25, 0.3) is 0 Å². The van der Waals surface area contributed by atoms with Crippen molar-refractivity contribution in [3.8, 4) is 5.75 Å². The molecule has 0 atom stereocenters. The molecule has 0 bridgehead atoms. The minimum absolute atomic E-state index is 0.250. The lowest BCUT2D eigenvalue weighted by molar-refractivity contribution is 0.417. The predicted octanol–water partition coefficient (Wildman–Crippen LogP) is 5.99. The summed E-state index contributed by atoms with van der Waals surface area (Å²) in [5.74, 6) is 1.24. The SMILES string of the molecule is COc1cc(N2CC[P+](C)(O)CC2)ccc1Nc1nc(Nc2ccn(Cc3ccc(F)cc3)c2)ncc1Cl. The summed E-state index contributed by atoms with van der Waals surface area (Å²) in [6.45, 7) is 4.27. The van der Waals surface area contributed by atoms with Gasteiger partial charge in [-0.25, -0.2) is 9.37 Å². The topological polar surface area (TPSA) is 87.5 Å². The van der Waals surface area contributed by atoms with Crippen molar-refractivity contribution in [2.75, 3.05) is 54.7 Å². The van der Waals surface area contributed by atoms with Gasteiger partial charge in [0.05, 0.1) is 44.4 Å². The first kappa shape index (κ1) is 26.2. The van der Waals surface area contributed by atoms with Gasteiger partial charge in [0.2, 0.25) is 5.95 Å². The predicted molar refractivity (Wildman–Crippen MR) is 154 cm³/mol. The van der Waals surface area contributed by atoms with E-state index in [1.54, 1.807) is 19.2 Å². The fraction of sp³-hybridized carbons (Fsp3) is 0.259. The Hall–Kier alpha value is -3.39. The zero-order valence-electron chi connectivity index (χ0n) is 21.2. The van der Waals surface area contributed by atoms with Crippen LogP contribution in [0.1, 0.15) is 5.56 Å². The van der Waals surface area contributed by atoms with E-state index in [0.717, 1.165) is 48.0 Å². The lowest BCUT2D eigenvalue weighted by Crippen LogP contribution is -2.36. The maximum atomic E-state index is 13.2. The van der Waals surface area contributed by atoms with Crippen LogP contribution in [0.4, 0.5) is 33.2 Å². The smallest absolute Gasteiger partial charge is 0.229 e. The number of ether oxygens (including phenoxy) is 1. The first-order valence-corrected chi connectivity index (χ1v) is 15.2. The molecular formula is C27H30ClFN6O2P+. The van der Waals surface area contributed by atoms with Crippen molar-refractivity contribution in [1.29, 1.82) is 0 Å². The number of hydrogen-bond donors (Lipinski definition) is 3. The highest BCUT2D eigenvalue weighted by Gasteiger charge is 2.34. The van der Waals surface area contributed by atoms with Gasteiger partial charge in [-0.1, -0.05) is 23.7 Å². The highest BCUT2D eigenvalue weighted by molar-refractivity contribution is 7.69. The molecule has 3 N–H and O–H groups in total. The van der Waals surface area contributed by atoms with Gasteiger partial charge in [0.15, 0.2) is 5.82 Å². The van der Waals surface area contributed by atoms with Gasteiger partial charge in [0, 0.05) is 30.7 Å². The summed E-state index contributed by atoms with van der Waals surface area (Å²) in [7, 11) is -0.128. The summed E-state index contributed by atoms with van der Waals surface area (Å²) >= 11 is 6.41. The summed E-state index contributed by atoms with van der Waals surface area (Å²) in [6, 6.07) is 14.3. The van der Waals surface area contributed by atoms with E-state index >= 15 is 0 Å². The largest absolute Gasteiger partial charge is 0.494 e. The fourth-order valence-corrected chi connectivity index (χ4v) is 6.03. The number of rotatable bonds is 8. The number of aromatic nitrogens is 3. The molecule has 1 fully saturated rings. The van der Waals surface area contributed by atoms with E-state index in [2.05, 4.69) is 25.5 Å². The van der Waals surface area contributed by atoms with Crippen LogP contribution in [0, 0.1) is 5.82 Å². The van der Waals surface area contributed by atoms with E-state index < -0.39 is 7.49 Å². The number of halogens is 2. The van der Waals surface area contributed by atoms with Crippen LogP contribution in [0.5, 0.6) is 5.75 Å². The number of nitrogens with one attached hydrogen (secondary N) is 2. The van der Waals surface area contributed by atoms with Gasteiger partial charge in [0.25, 0.3) is 0 Å². The number of nitrogens with zero attached hydrogens (tertiary/aromatic N) is 4. The molecule has 2 aromatic carbocycles. The third kappa shape index (κ3) is 6.35. The molecule has 0 aliphatic carbocycles. The Bertz CT molecular complexity index is 1410. The molecule has 1 saturated heterocycles. The highest BCUT2D eigenvalue weighted by atomic mass is 35.5. The number of hydrogen-bond acceptors (Lipinski definition) is 7. The van der Waals surface area contributed by atoms with E-state index in [1.807, 2.05) is 47.9 Å². The standard InChI is InChI=1S/C27H30ClFN6O2P/c1-37-25-15-22(35-11-13-38(2,36)14-12-35)7-8-24(25)32-26-23(28)16-30-27(33-26)31-21-9-10-34(18-21)17-19-3-5-20(29)6-4-19/h3-10,15-16,18,36H,11-14,17H2,1-2H3,(H2,30,31,32,33)/q+1. The molecule has 0 saturated carbocycles.